The smallest absolute Gasteiger partial charge is 0.266 e. The monoisotopic (exact) mass is 238 g/mol. The van der Waals surface area contributed by atoms with E-state index >= 15 is 0 Å². The third-order valence-electron chi connectivity index (χ3n) is 2.62. The van der Waals surface area contributed by atoms with Crippen LogP contribution in [0.4, 0.5) is 0 Å². The van der Waals surface area contributed by atoms with E-state index in [2.05, 4.69) is 15.2 Å². The number of benzene rings is 1. The van der Waals surface area contributed by atoms with Gasteiger partial charge in [-0.05, 0) is 0 Å². The Bertz CT molecular complexity index is 701. The number of rotatable bonds is 2. The highest BCUT2D eigenvalue weighted by Gasteiger charge is 2.09. The van der Waals surface area contributed by atoms with Gasteiger partial charge in [0.05, 0.1) is 12.0 Å². The summed E-state index contributed by atoms with van der Waals surface area (Å²) in [6.07, 6.45) is 5.09. The van der Waals surface area contributed by atoms with Gasteiger partial charge in [0.1, 0.15) is 5.69 Å². The number of hydrogen-bond acceptors (Lipinski definition) is 3. The molecule has 3 aromatic rings. The van der Waals surface area contributed by atoms with Gasteiger partial charge in [-0.1, -0.05) is 30.3 Å². The molecule has 0 aliphatic heterocycles. The molecular weight excluding hydrogens is 228 g/mol. The Labute approximate surface area is 103 Å². The second-order valence-electron chi connectivity index (χ2n) is 3.80. The SMILES string of the molecule is O=c1cc(-n2ccnc2)c(-c2ccccc2)n[nH]1. The molecule has 0 bridgehead atoms. The van der Waals surface area contributed by atoms with Gasteiger partial charge in [0, 0.05) is 24.0 Å². The van der Waals surface area contributed by atoms with Gasteiger partial charge in [0.15, 0.2) is 0 Å². The molecule has 0 saturated carbocycles. The Hall–Kier alpha value is -2.69. The summed E-state index contributed by atoms with van der Waals surface area (Å²) >= 11 is 0. The molecule has 0 aliphatic rings. The van der Waals surface area contributed by atoms with Crippen LogP contribution in [0, 0.1) is 0 Å². The zero-order chi connectivity index (χ0) is 12.4. The molecule has 18 heavy (non-hydrogen) atoms. The third kappa shape index (κ3) is 1.82. The van der Waals surface area contributed by atoms with Crippen molar-refractivity contribution in [2.45, 2.75) is 0 Å². The van der Waals surface area contributed by atoms with Gasteiger partial charge >= 0.3 is 0 Å². The van der Waals surface area contributed by atoms with Crippen molar-refractivity contribution in [3.63, 3.8) is 0 Å². The zero-order valence-electron chi connectivity index (χ0n) is 9.45. The minimum Gasteiger partial charge on any atom is -0.304 e. The fourth-order valence-corrected chi connectivity index (χ4v) is 1.80. The van der Waals surface area contributed by atoms with Gasteiger partial charge in [-0.3, -0.25) is 4.79 Å². The molecule has 5 heteroatoms. The summed E-state index contributed by atoms with van der Waals surface area (Å²) < 4.78 is 1.77. The van der Waals surface area contributed by atoms with Crippen LogP contribution in [0.15, 0.2) is 59.9 Å². The first-order valence-electron chi connectivity index (χ1n) is 5.48. The Kier molecular flexibility index (Phi) is 2.49. The highest BCUT2D eigenvalue weighted by molar-refractivity contribution is 5.68. The van der Waals surface area contributed by atoms with Crippen molar-refractivity contribution in [2.75, 3.05) is 0 Å². The predicted octanol–water partition coefficient (Wildman–Crippen LogP) is 1.62. The van der Waals surface area contributed by atoms with E-state index in [1.165, 1.54) is 6.07 Å². The number of nitrogens with one attached hydrogen (secondary N) is 1. The molecule has 0 saturated heterocycles. The van der Waals surface area contributed by atoms with Crippen molar-refractivity contribution < 1.29 is 0 Å². The number of nitrogens with zero attached hydrogens (tertiary/aromatic N) is 3. The number of aromatic nitrogens is 4. The lowest BCUT2D eigenvalue weighted by atomic mass is 10.1. The fraction of sp³-hybridized carbons (Fsp3) is 0. The van der Waals surface area contributed by atoms with Gasteiger partial charge in [-0.2, -0.15) is 5.10 Å². The van der Waals surface area contributed by atoms with Crippen LogP contribution in [0.5, 0.6) is 0 Å². The highest BCUT2D eigenvalue weighted by atomic mass is 16.1. The van der Waals surface area contributed by atoms with Crippen LogP contribution in [-0.2, 0) is 0 Å². The standard InChI is InChI=1S/C13H10N4O/c18-12-8-11(17-7-6-14-9-17)13(16-15-12)10-4-2-1-3-5-10/h1-9H,(H,15,18). The summed E-state index contributed by atoms with van der Waals surface area (Å²) in [5.41, 5.74) is 2.13. The van der Waals surface area contributed by atoms with Crippen molar-refractivity contribution in [3.05, 3.63) is 65.5 Å². The lowest BCUT2D eigenvalue weighted by Crippen LogP contribution is -2.11. The maximum Gasteiger partial charge on any atom is 0.266 e. The molecule has 0 spiro atoms. The van der Waals surface area contributed by atoms with E-state index in [1.54, 1.807) is 23.3 Å². The molecule has 88 valence electrons. The fourth-order valence-electron chi connectivity index (χ4n) is 1.80. The molecular formula is C13H10N4O. The molecule has 1 N–H and O–H groups in total. The second kappa shape index (κ2) is 4.29. The van der Waals surface area contributed by atoms with Crippen molar-refractivity contribution in [2.24, 2.45) is 0 Å². The maximum absolute atomic E-state index is 11.4. The van der Waals surface area contributed by atoms with Crippen LogP contribution >= 0.6 is 0 Å². The minimum atomic E-state index is -0.238. The summed E-state index contributed by atoms with van der Waals surface area (Å²) in [5.74, 6) is 0. The number of imidazole rings is 1. The van der Waals surface area contributed by atoms with E-state index in [0.29, 0.717) is 11.4 Å². The lowest BCUT2D eigenvalue weighted by molar-refractivity contribution is 0.949. The summed E-state index contributed by atoms with van der Waals surface area (Å²) in [6, 6.07) is 11.2. The molecule has 2 heterocycles. The molecule has 5 nitrogen and oxygen atoms in total. The van der Waals surface area contributed by atoms with Gasteiger partial charge < -0.3 is 4.57 Å². The molecule has 0 radical (unpaired) electrons. The Balaban J connectivity index is 2.25. The number of aromatic amines is 1. The average Bonchev–Trinajstić information content (AvgIpc) is 2.93. The average molecular weight is 238 g/mol. The topological polar surface area (TPSA) is 63.6 Å². The Morgan fingerprint density at radius 1 is 1.17 bits per heavy atom. The van der Waals surface area contributed by atoms with Gasteiger partial charge in [0.25, 0.3) is 5.56 Å². The van der Waals surface area contributed by atoms with E-state index in [1.807, 2.05) is 30.3 Å². The first kappa shape index (κ1) is 10.5. The van der Waals surface area contributed by atoms with Gasteiger partial charge in [-0.15, -0.1) is 0 Å². The van der Waals surface area contributed by atoms with E-state index in [4.69, 9.17) is 0 Å². The van der Waals surface area contributed by atoms with Crippen LogP contribution in [0.1, 0.15) is 0 Å². The number of H-pyrrole nitrogens is 1. The normalized spacial score (nSPS) is 10.4. The lowest BCUT2D eigenvalue weighted by Gasteiger charge is -2.07. The highest BCUT2D eigenvalue weighted by Crippen LogP contribution is 2.21. The van der Waals surface area contributed by atoms with Crippen molar-refractivity contribution in [1.29, 1.82) is 0 Å². The van der Waals surface area contributed by atoms with E-state index in [9.17, 15) is 4.79 Å². The molecule has 0 aliphatic carbocycles. The van der Waals surface area contributed by atoms with Crippen LogP contribution in [0.3, 0.4) is 0 Å². The van der Waals surface area contributed by atoms with Crippen LogP contribution in [-0.4, -0.2) is 19.7 Å². The van der Waals surface area contributed by atoms with E-state index in [-0.39, 0.29) is 5.56 Å². The first-order chi connectivity index (χ1) is 8.84. The summed E-state index contributed by atoms with van der Waals surface area (Å²) in [6.45, 7) is 0. The summed E-state index contributed by atoms with van der Waals surface area (Å²) in [7, 11) is 0. The largest absolute Gasteiger partial charge is 0.304 e. The zero-order valence-corrected chi connectivity index (χ0v) is 9.45. The quantitative estimate of drug-likeness (QED) is 0.738. The van der Waals surface area contributed by atoms with E-state index < -0.39 is 0 Å². The molecule has 0 amide bonds. The molecule has 0 unspecified atom stereocenters. The van der Waals surface area contributed by atoms with Crippen LogP contribution in [0.25, 0.3) is 16.9 Å². The Morgan fingerprint density at radius 2 is 2.00 bits per heavy atom. The Morgan fingerprint density at radius 3 is 2.72 bits per heavy atom. The van der Waals surface area contributed by atoms with Crippen molar-refractivity contribution in [3.8, 4) is 16.9 Å². The maximum atomic E-state index is 11.4. The second-order valence-corrected chi connectivity index (χ2v) is 3.80. The van der Waals surface area contributed by atoms with Crippen molar-refractivity contribution in [1.82, 2.24) is 19.7 Å². The minimum absolute atomic E-state index is 0.238. The van der Waals surface area contributed by atoms with Crippen molar-refractivity contribution >= 4 is 0 Å². The molecule has 1 aromatic carbocycles. The van der Waals surface area contributed by atoms with Gasteiger partial charge in [0.2, 0.25) is 0 Å². The van der Waals surface area contributed by atoms with Gasteiger partial charge in [-0.25, -0.2) is 10.1 Å². The van der Waals surface area contributed by atoms with Crippen LogP contribution < -0.4 is 5.56 Å². The number of hydrogen-bond donors (Lipinski definition) is 1. The first-order valence-corrected chi connectivity index (χ1v) is 5.48. The molecule has 0 atom stereocenters. The molecule has 0 fully saturated rings. The summed E-state index contributed by atoms with van der Waals surface area (Å²) in [5, 5.41) is 6.58. The van der Waals surface area contributed by atoms with E-state index in [0.717, 1.165) is 5.56 Å². The summed E-state index contributed by atoms with van der Waals surface area (Å²) in [4.78, 5) is 15.4. The molecule has 3 rings (SSSR count). The van der Waals surface area contributed by atoms with Crippen LogP contribution in [0.2, 0.25) is 0 Å². The molecule has 2 aromatic heterocycles. The predicted molar refractivity (Wildman–Crippen MR) is 67.4 cm³/mol. The third-order valence-corrected chi connectivity index (χ3v) is 2.62.